The first-order valence-electron chi connectivity index (χ1n) is 6.28. The van der Waals surface area contributed by atoms with E-state index in [4.69, 9.17) is 16.3 Å². The average Bonchev–Trinajstić information content (AvgIpc) is 2.41. The Morgan fingerprint density at radius 3 is 2.62 bits per heavy atom. The maximum Gasteiger partial charge on any atom is 0.235 e. The Hall–Kier alpha value is -1.15. The van der Waals surface area contributed by atoms with Gasteiger partial charge in [-0.3, -0.25) is 4.79 Å². The Morgan fingerprint density at radius 2 is 2.05 bits per heavy atom. The first-order valence-corrected chi connectivity index (χ1v) is 8.51. The molecule has 1 aromatic carbocycles. The Labute approximate surface area is 130 Å². The topological polar surface area (TPSA) is 75.7 Å². The Balaban J connectivity index is 2.56. The van der Waals surface area contributed by atoms with E-state index in [1.54, 1.807) is 18.2 Å². The van der Waals surface area contributed by atoms with E-state index in [0.717, 1.165) is 16.1 Å². The van der Waals surface area contributed by atoms with Crippen molar-refractivity contribution in [3.63, 3.8) is 0 Å². The van der Waals surface area contributed by atoms with Crippen molar-refractivity contribution in [2.45, 2.75) is 6.54 Å². The van der Waals surface area contributed by atoms with Crippen molar-refractivity contribution >= 4 is 27.5 Å². The fourth-order valence-electron chi connectivity index (χ4n) is 1.61. The molecule has 0 atom stereocenters. The molecule has 1 amide bonds. The molecule has 0 unspecified atom stereocenters. The first-order chi connectivity index (χ1) is 9.84. The van der Waals surface area contributed by atoms with Gasteiger partial charge in [0, 0.05) is 25.2 Å². The molecule has 0 aliphatic heterocycles. The molecule has 1 N–H and O–H groups in total. The second kappa shape index (κ2) is 8.33. The van der Waals surface area contributed by atoms with Gasteiger partial charge in [-0.05, 0) is 11.6 Å². The van der Waals surface area contributed by atoms with Crippen molar-refractivity contribution in [3.05, 3.63) is 34.9 Å². The molecule has 0 radical (unpaired) electrons. The number of amides is 1. The summed E-state index contributed by atoms with van der Waals surface area (Å²) >= 11 is 5.98. The van der Waals surface area contributed by atoms with Gasteiger partial charge in [-0.15, -0.1) is 0 Å². The molecule has 0 aliphatic carbocycles. The van der Waals surface area contributed by atoms with Gasteiger partial charge in [0.25, 0.3) is 0 Å². The number of hydrogen-bond donors (Lipinski definition) is 1. The summed E-state index contributed by atoms with van der Waals surface area (Å²) in [5, 5.41) is 3.20. The smallest absolute Gasteiger partial charge is 0.235 e. The molecule has 6 nitrogen and oxygen atoms in total. The second-order valence-corrected chi connectivity index (χ2v) is 6.85. The van der Waals surface area contributed by atoms with E-state index in [1.807, 2.05) is 6.07 Å². The molecular weight excluding hydrogens is 316 g/mol. The molecule has 0 spiro atoms. The second-order valence-electron chi connectivity index (χ2n) is 4.46. The molecule has 21 heavy (non-hydrogen) atoms. The summed E-state index contributed by atoms with van der Waals surface area (Å²) in [5.74, 6) is -0.392. The van der Waals surface area contributed by atoms with Crippen LogP contribution in [-0.4, -0.2) is 51.7 Å². The third-order valence-electron chi connectivity index (χ3n) is 2.77. The highest BCUT2D eigenvalue weighted by Gasteiger charge is 2.19. The van der Waals surface area contributed by atoms with Crippen LogP contribution in [0.3, 0.4) is 0 Å². The Bertz CT molecular complexity index is 577. The van der Waals surface area contributed by atoms with Gasteiger partial charge in [0.1, 0.15) is 0 Å². The largest absolute Gasteiger partial charge is 0.383 e. The maximum absolute atomic E-state index is 11.8. The fraction of sp³-hybridized carbons (Fsp3) is 0.462. The molecule has 8 heteroatoms. The fourth-order valence-corrected chi connectivity index (χ4v) is 2.57. The maximum atomic E-state index is 11.8. The van der Waals surface area contributed by atoms with E-state index in [-0.39, 0.29) is 26.2 Å². The lowest BCUT2D eigenvalue weighted by molar-refractivity contribution is -0.121. The van der Waals surface area contributed by atoms with Gasteiger partial charge in [0.2, 0.25) is 15.9 Å². The van der Waals surface area contributed by atoms with Crippen LogP contribution >= 0.6 is 11.6 Å². The van der Waals surface area contributed by atoms with E-state index >= 15 is 0 Å². The number of ether oxygens (including phenoxy) is 1. The van der Waals surface area contributed by atoms with Gasteiger partial charge >= 0.3 is 0 Å². The van der Waals surface area contributed by atoms with E-state index < -0.39 is 15.9 Å². The van der Waals surface area contributed by atoms with Crippen molar-refractivity contribution in [3.8, 4) is 0 Å². The molecule has 0 bridgehead atoms. The summed E-state index contributed by atoms with van der Waals surface area (Å²) in [6.45, 7) is 0.368. The zero-order chi connectivity index (χ0) is 15.9. The number of nitrogens with one attached hydrogen (secondary N) is 1. The lowest BCUT2D eigenvalue weighted by Crippen LogP contribution is -2.41. The highest BCUT2D eigenvalue weighted by molar-refractivity contribution is 7.88. The van der Waals surface area contributed by atoms with Gasteiger partial charge in [-0.1, -0.05) is 29.8 Å². The van der Waals surface area contributed by atoms with Crippen LogP contribution in [-0.2, 0) is 26.1 Å². The molecule has 0 aliphatic rings. The number of carbonyl (C=O) groups excluding carboxylic acids is 1. The molecule has 0 saturated carbocycles. The number of rotatable bonds is 8. The van der Waals surface area contributed by atoms with Crippen molar-refractivity contribution in [1.29, 1.82) is 0 Å². The molecule has 0 heterocycles. The summed E-state index contributed by atoms with van der Waals surface area (Å²) in [7, 11) is -1.99. The number of nitrogens with zero attached hydrogens (tertiary/aromatic N) is 1. The number of sulfonamides is 1. The van der Waals surface area contributed by atoms with Crippen molar-refractivity contribution in [2.75, 3.05) is 33.1 Å². The zero-order valence-corrected chi connectivity index (χ0v) is 13.6. The SMILES string of the molecule is COCCN(CC(=O)NCc1ccccc1Cl)S(C)(=O)=O. The number of hydrogen-bond acceptors (Lipinski definition) is 4. The highest BCUT2D eigenvalue weighted by Crippen LogP contribution is 2.14. The van der Waals surface area contributed by atoms with Crippen molar-refractivity contribution in [2.24, 2.45) is 0 Å². The van der Waals surface area contributed by atoms with Gasteiger partial charge < -0.3 is 10.1 Å². The number of methoxy groups -OCH3 is 1. The monoisotopic (exact) mass is 334 g/mol. The van der Waals surface area contributed by atoms with Crippen LogP contribution in [0.2, 0.25) is 5.02 Å². The van der Waals surface area contributed by atoms with Crippen molar-refractivity contribution in [1.82, 2.24) is 9.62 Å². The molecular formula is C13H19ClN2O4S. The van der Waals surface area contributed by atoms with E-state index in [9.17, 15) is 13.2 Å². The van der Waals surface area contributed by atoms with E-state index in [1.165, 1.54) is 7.11 Å². The summed E-state index contributed by atoms with van der Waals surface area (Å²) in [6.07, 6.45) is 1.06. The average molecular weight is 335 g/mol. The Kier molecular flexibility index (Phi) is 7.10. The van der Waals surface area contributed by atoms with E-state index in [2.05, 4.69) is 5.32 Å². The number of carbonyl (C=O) groups is 1. The van der Waals surface area contributed by atoms with Crippen LogP contribution < -0.4 is 5.32 Å². The normalized spacial score (nSPS) is 11.6. The van der Waals surface area contributed by atoms with Crippen molar-refractivity contribution < 1.29 is 17.9 Å². The van der Waals surface area contributed by atoms with Crippen LogP contribution in [0.25, 0.3) is 0 Å². The molecule has 1 aromatic rings. The minimum atomic E-state index is -3.46. The molecule has 0 aromatic heterocycles. The summed E-state index contributed by atoms with van der Waals surface area (Å²) in [6, 6.07) is 7.13. The van der Waals surface area contributed by atoms with Crippen LogP contribution in [0.15, 0.2) is 24.3 Å². The van der Waals surface area contributed by atoms with Crippen LogP contribution in [0.4, 0.5) is 0 Å². The molecule has 0 saturated heterocycles. The number of benzene rings is 1. The summed E-state index contributed by atoms with van der Waals surface area (Å²) in [5.41, 5.74) is 0.773. The minimum absolute atomic E-state index is 0.134. The predicted molar refractivity (Wildman–Crippen MR) is 81.6 cm³/mol. The van der Waals surface area contributed by atoms with Crippen LogP contribution in [0.5, 0.6) is 0 Å². The third kappa shape index (κ3) is 6.43. The van der Waals surface area contributed by atoms with E-state index in [0.29, 0.717) is 5.02 Å². The predicted octanol–water partition coefficient (Wildman–Crippen LogP) is 0.864. The number of halogens is 1. The lowest BCUT2D eigenvalue weighted by Gasteiger charge is -2.19. The summed E-state index contributed by atoms with van der Waals surface area (Å²) < 4.78 is 29.0. The van der Waals surface area contributed by atoms with Gasteiger partial charge in [0.15, 0.2) is 0 Å². The zero-order valence-electron chi connectivity index (χ0n) is 12.0. The summed E-state index contributed by atoms with van der Waals surface area (Å²) in [4.78, 5) is 11.8. The standard InChI is InChI=1S/C13H19ClN2O4S/c1-20-8-7-16(21(2,18)19)10-13(17)15-9-11-5-3-4-6-12(11)14/h3-6H,7-10H2,1-2H3,(H,15,17). The molecule has 118 valence electrons. The van der Waals surface area contributed by atoms with Gasteiger partial charge in [-0.2, -0.15) is 4.31 Å². The quantitative estimate of drug-likeness (QED) is 0.765. The molecule has 1 rings (SSSR count). The van der Waals surface area contributed by atoms with Crippen LogP contribution in [0.1, 0.15) is 5.56 Å². The Morgan fingerprint density at radius 1 is 1.38 bits per heavy atom. The van der Waals surface area contributed by atoms with Gasteiger partial charge in [0.05, 0.1) is 19.4 Å². The molecule has 0 fully saturated rings. The van der Waals surface area contributed by atoms with Gasteiger partial charge in [-0.25, -0.2) is 8.42 Å². The minimum Gasteiger partial charge on any atom is -0.383 e. The highest BCUT2D eigenvalue weighted by atomic mass is 35.5. The lowest BCUT2D eigenvalue weighted by atomic mass is 10.2. The third-order valence-corrected chi connectivity index (χ3v) is 4.39. The van der Waals surface area contributed by atoms with Crippen LogP contribution in [0, 0.1) is 0 Å². The first kappa shape index (κ1) is 17.9.